The topological polar surface area (TPSA) is 131 Å². The molecule has 14 heteroatoms. The second kappa shape index (κ2) is 16.6. The highest BCUT2D eigenvalue weighted by Gasteiger charge is 2.38. The maximum absolute atomic E-state index is 15.9. The number of carbonyl (C=O) groups excluding carboxylic acids is 1. The first-order valence-electron chi connectivity index (χ1n) is 14.6. The van der Waals surface area contributed by atoms with Crippen LogP contribution < -0.4 is 15.8 Å². The summed E-state index contributed by atoms with van der Waals surface area (Å²) in [7, 11) is 1.52. The highest BCUT2D eigenvalue weighted by molar-refractivity contribution is 6.37. The number of nitrogens with one attached hydrogen (secondary N) is 1. The number of aliphatic hydroxyl groups is 1. The average Bonchev–Trinajstić information content (AvgIpc) is 3.00. The molecule has 0 saturated heterocycles. The lowest BCUT2D eigenvalue weighted by Gasteiger charge is -2.34. The number of hydrogen-bond donors (Lipinski definition) is 4. The number of hydrogen-bond acceptors (Lipinski definition) is 6. The molecule has 1 unspecified atom stereocenters. The number of rotatable bonds is 11. The van der Waals surface area contributed by atoms with Crippen LogP contribution in [0.3, 0.4) is 0 Å². The van der Waals surface area contributed by atoms with Gasteiger partial charge in [-0.15, -0.1) is 0 Å². The third kappa shape index (κ3) is 10.5. The van der Waals surface area contributed by atoms with Gasteiger partial charge in [-0.25, -0.2) is 9.18 Å². The largest absolute Gasteiger partial charge is 0.490 e. The summed E-state index contributed by atoms with van der Waals surface area (Å²) in [6, 6.07) is 16.2. The van der Waals surface area contributed by atoms with Crippen LogP contribution in [0.4, 0.5) is 17.6 Å². The molecule has 4 rings (SSSR count). The number of methoxy groups -OCH3 is 1. The van der Waals surface area contributed by atoms with Crippen molar-refractivity contribution < 1.29 is 46.8 Å². The van der Waals surface area contributed by atoms with Crippen molar-refractivity contribution in [1.82, 2.24) is 5.32 Å². The first kappa shape index (κ1) is 38.0. The molecule has 3 aromatic carbocycles. The molecule has 0 bridgehead atoms. The summed E-state index contributed by atoms with van der Waals surface area (Å²) in [4.78, 5) is 21.3. The third-order valence-corrected chi connectivity index (χ3v) is 8.41. The SMILES string of the molecule is COCCOc1ccc(C(N)=O)c(-c2cc(C(CNC3CCC(C)(O)CC3)c3ccccc3)c(Cl)cc2Cl)c1F.O=C(O)C(F)(F)F. The Morgan fingerprint density at radius 1 is 1.06 bits per heavy atom. The van der Waals surface area contributed by atoms with E-state index >= 15 is 4.39 Å². The molecule has 1 saturated carbocycles. The molecule has 0 aliphatic heterocycles. The van der Waals surface area contributed by atoms with Crippen LogP contribution in [0, 0.1) is 5.82 Å². The van der Waals surface area contributed by atoms with Crippen LogP contribution in [0.5, 0.6) is 5.75 Å². The lowest BCUT2D eigenvalue weighted by Crippen LogP contribution is -2.41. The zero-order chi connectivity index (χ0) is 34.9. The van der Waals surface area contributed by atoms with E-state index in [1.165, 1.54) is 19.2 Å². The van der Waals surface area contributed by atoms with Crippen LogP contribution in [0.2, 0.25) is 10.0 Å². The Kier molecular flexibility index (Phi) is 13.4. The van der Waals surface area contributed by atoms with Crippen LogP contribution in [-0.4, -0.2) is 66.8 Å². The number of ether oxygens (including phenoxy) is 2. The van der Waals surface area contributed by atoms with Crippen LogP contribution >= 0.6 is 23.2 Å². The summed E-state index contributed by atoms with van der Waals surface area (Å²) in [6.45, 7) is 2.83. The number of carboxylic acid groups (broad SMARTS) is 1. The van der Waals surface area contributed by atoms with E-state index in [0.717, 1.165) is 36.8 Å². The molecule has 0 aromatic heterocycles. The normalized spacial score (nSPS) is 18.5. The summed E-state index contributed by atoms with van der Waals surface area (Å²) < 4.78 is 58.2. The molecule has 1 fully saturated rings. The van der Waals surface area contributed by atoms with Gasteiger partial charge < -0.3 is 30.7 Å². The molecule has 1 aliphatic carbocycles. The molecular weight excluding hydrogens is 667 g/mol. The van der Waals surface area contributed by atoms with Crippen LogP contribution in [0.1, 0.15) is 60.0 Å². The monoisotopic (exact) mass is 702 g/mol. The van der Waals surface area contributed by atoms with Crippen LogP contribution in [-0.2, 0) is 9.53 Å². The minimum absolute atomic E-state index is 0.0181. The third-order valence-electron chi connectivity index (χ3n) is 7.77. The van der Waals surface area contributed by atoms with E-state index in [4.69, 9.17) is 48.3 Å². The first-order valence-corrected chi connectivity index (χ1v) is 15.4. The fourth-order valence-corrected chi connectivity index (χ4v) is 5.83. The number of nitrogens with two attached hydrogens (primary N) is 1. The Bertz CT molecular complexity index is 1530. The van der Waals surface area contributed by atoms with Crippen molar-refractivity contribution in [3.8, 4) is 16.9 Å². The number of benzene rings is 3. The van der Waals surface area contributed by atoms with Gasteiger partial charge in [-0.05, 0) is 68.0 Å². The van der Waals surface area contributed by atoms with E-state index < -0.39 is 29.5 Å². The van der Waals surface area contributed by atoms with E-state index in [0.29, 0.717) is 17.1 Å². The van der Waals surface area contributed by atoms with Gasteiger partial charge in [0.15, 0.2) is 11.6 Å². The molecule has 5 N–H and O–H groups in total. The second-order valence-electron chi connectivity index (χ2n) is 11.3. The molecule has 1 aliphatic rings. The van der Waals surface area contributed by atoms with Crippen molar-refractivity contribution in [3.63, 3.8) is 0 Å². The molecule has 1 amide bonds. The zero-order valence-electron chi connectivity index (χ0n) is 25.7. The van der Waals surface area contributed by atoms with Gasteiger partial charge in [0.1, 0.15) is 6.61 Å². The van der Waals surface area contributed by atoms with Crippen molar-refractivity contribution in [1.29, 1.82) is 0 Å². The summed E-state index contributed by atoms with van der Waals surface area (Å²) in [6.07, 6.45) is -1.91. The van der Waals surface area contributed by atoms with Gasteiger partial charge in [0, 0.05) is 41.8 Å². The zero-order valence-corrected chi connectivity index (χ0v) is 27.2. The molecule has 0 spiro atoms. The molecule has 1 atom stereocenters. The highest BCUT2D eigenvalue weighted by atomic mass is 35.5. The van der Waals surface area contributed by atoms with E-state index in [1.54, 1.807) is 12.1 Å². The van der Waals surface area contributed by atoms with Crippen molar-refractivity contribution in [2.24, 2.45) is 5.73 Å². The van der Waals surface area contributed by atoms with Gasteiger partial charge >= 0.3 is 12.1 Å². The Morgan fingerprint density at radius 2 is 1.68 bits per heavy atom. The Hall–Kier alpha value is -3.42. The standard InChI is InChI=1S/C31H35Cl2FN2O4.C2HF3O2/c1-31(38)12-10-20(11-13-31)36-18-24(19-6-4-3-5-7-19)22-16-23(26(33)17-25(22)32)28-21(30(35)37)8-9-27(29(28)34)40-15-14-39-2;3-2(4,5)1(6)7/h3-9,16-17,20,24,36,38H,10-15,18H2,1-2H3,(H2,35,37);(H,6,7). The molecule has 0 heterocycles. The number of amides is 1. The molecule has 256 valence electrons. The number of alkyl halides is 3. The minimum Gasteiger partial charge on any atom is -0.488 e. The van der Waals surface area contributed by atoms with Gasteiger partial charge in [0.05, 0.1) is 22.8 Å². The molecule has 0 radical (unpaired) electrons. The van der Waals surface area contributed by atoms with Crippen LogP contribution in [0.25, 0.3) is 11.1 Å². The number of aliphatic carboxylic acids is 1. The maximum atomic E-state index is 15.9. The summed E-state index contributed by atoms with van der Waals surface area (Å²) in [5.41, 5.74) is 6.99. The molecular formula is C33H36Cl2F4N2O6. The summed E-state index contributed by atoms with van der Waals surface area (Å²) in [5, 5.41) is 21.7. The molecule has 3 aromatic rings. The number of primary amides is 1. The predicted molar refractivity (Wildman–Crippen MR) is 171 cm³/mol. The van der Waals surface area contributed by atoms with Crippen molar-refractivity contribution in [2.45, 2.75) is 56.3 Å². The predicted octanol–water partition coefficient (Wildman–Crippen LogP) is 6.97. The maximum Gasteiger partial charge on any atom is 0.490 e. The Labute approximate surface area is 279 Å². The van der Waals surface area contributed by atoms with E-state index in [-0.39, 0.29) is 47.1 Å². The van der Waals surface area contributed by atoms with Gasteiger partial charge in [0.25, 0.3) is 0 Å². The van der Waals surface area contributed by atoms with Crippen molar-refractivity contribution in [3.05, 3.63) is 87.2 Å². The number of carboxylic acids is 1. The van der Waals surface area contributed by atoms with E-state index in [9.17, 15) is 23.1 Å². The van der Waals surface area contributed by atoms with Gasteiger partial charge in [-0.1, -0.05) is 53.5 Å². The van der Waals surface area contributed by atoms with Gasteiger partial charge in [-0.3, -0.25) is 4.79 Å². The lowest BCUT2D eigenvalue weighted by molar-refractivity contribution is -0.192. The Balaban J connectivity index is 0.000000771. The highest BCUT2D eigenvalue weighted by Crippen LogP contribution is 2.42. The van der Waals surface area contributed by atoms with Crippen molar-refractivity contribution >= 4 is 35.1 Å². The Morgan fingerprint density at radius 3 is 2.23 bits per heavy atom. The van der Waals surface area contributed by atoms with Crippen molar-refractivity contribution in [2.75, 3.05) is 26.9 Å². The molecule has 47 heavy (non-hydrogen) atoms. The number of halogens is 6. The lowest BCUT2D eigenvalue weighted by atomic mass is 9.83. The summed E-state index contributed by atoms with van der Waals surface area (Å²) >= 11 is 13.4. The summed E-state index contributed by atoms with van der Waals surface area (Å²) in [5.74, 6) is -4.54. The van der Waals surface area contributed by atoms with E-state index in [1.807, 2.05) is 37.3 Å². The minimum atomic E-state index is -5.08. The molecule has 8 nitrogen and oxygen atoms in total. The number of carbonyl (C=O) groups is 2. The van der Waals surface area contributed by atoms with E-state index in [2.05, 4.69) is 5.32 Å². The first-order chi connectivity index (χ1) is 22.1. The smallest absolute Gasteiger partial charge is 0.488 e. The van der Waals surface area contributed by atoms with Crippen LogP contribution in [0.15, 0.2) is 54.6 Å². The fraction of sp³-hybridized carbons (Fsp3) is 0.394. The van der Waals surface area contributed by atoms with Gasteiger partial charge in [-0.2, -0.15) is 13.2 Å². The van der Waals surface area contributed by atoms with Gasteiger partial charge in [0.2, 0.25) is 5.91 Å². The second-order valence-corrected chi connectivity index (χ2v) is 12.1. The quantitative estimate of drug-likeness (QED) is 0.125. The fourth-order valence-electron chi connectivity index (χ4n) is 5.22. The average molecular weight is 704 g/mol.